The van der Waals surface area contributed by atoms with Gasteiger partial charge < -0.3 is 5.73 Å². The standard InChI is InChI=1S/C4H5Cl2NO3S/c5-3(6)1-11(9,10)2-4(7)8/h1H,2H2,(H2,7,8). The summed E-state index contributed by atoms with van der Waals surface area (Å²) in [5.74, 6) is -1.73. The van der Waals surface area contributed by atoms with Crippen molar-refractivity contribution in [3.63, 3.8) is 0 Å². The maximum absolute atomic E-state index is 10.7. The van der Waals surface area contributed by atoms with Gasteiger partial charge in [-0.2, -0.15) is 0 Å². The van der Waals surface area contributed by atoms with Crippen molar-refractivity contribution in [3.8, 4) is 0 Å². The molecule has 7 heteroatoms. The lowest BCUT2D eigenvalue weighted by Crippen LogP contribution is -2.21. The maximum Gasteiger partial charge on any atom is 0.232 e. The minimum atomic E-state index is -3.68. The van der Waals surface area contributed by atoms with E-state index in [1.807, 2.05) is 0 Å². The molecule has 0 saturated heterocycles. The van der Waals surface area contributed by atoms with Crippen LogP contribution in [0.4, 0.5) is 0 Å². The fourth-order valence-electron chi connectivity index (χ4n) is 0.376. The third kappa shape index (κ3) is 6.15. The van der Waals surface area contributed by atoms with Crippen molar-refractivity contribution in [1.82, 2.24) is 0 Å². The summed E-state index contributed by atoms with van der Waals surface area (Å²) < 4.78 is 21.0. The zero-order valence-electron chi connectivity index (χ0n) is 5.25. The molecule has 0 spiro atoms. The first kappa shape index (κ1) is 10.7. The van der Waals surface area contributed by atoms with E-state index in [-0.39, 0.29) is 0 Å². The zero-order chi connectivity index (χ0) is 9.07. The Balaban J connectivity index is 4.51. The average Bonchev–Trinajstić information content (AvgIpc) is 1.53. The minimum absolute atomic E-state index is 0.425. The molecule has 11 heavy (non-hydrogen) atoms. The monoisotopic (exact) mass is 217 g/mol. The molecule has 0 aromatic rings. The van der Waals surface area contributed by atoms with E-state index in [1.54, 1.807) is 0 Å². The summed E-state index contributed by atoms with van der Waals surface area (Å²) >= 11 is 10.1. The van der Waals surface area contributed by atoms with Crippen LogP contribution in [0, 0.1) is 0 Å². The first-order valence-corrected chi connectivity index (χ1v) is 4.84. The van der Waals surface area contributed by atoms with Gasteiger partial charge in [-0.25, -0.2) is 8.42 Å². The van der Waals surface area contributed by atoms with Crippen molar-refractivity contribution in [2.75, 3.05) is 5.75 Å². The molecule has 0 aromatic carbocycles. The van der Waals surface area contributed by atoms with Crippen LogP contribution in [-0.2, 0) is 14.6 Å². The molecular weight excluding hydrogens is 213 g/mol. The maximum atomic E-state index is 10.7. The summed E-state index contributed by atoms with van der Waals surface area (Å²) in [4.78, 5) is 10.1. The van der Waals surface area contributed by atoms with E-state index in [2.05, 4.69) is 5.73 Å². The Morgan fingerprint density at radius 2 is 1.91 bits per heavy atom. The Bertz CT molecular complexity index is 278. The van der Waals surface area contributed by atoms with Crippen LogP contribution in [0.15, 0.2) is 9.90 Å². The van der Waals surface area contributed by atoms with E-state index in [4.69, 9.17) is 23.2 Å². The van der Waals surface area contributed by atoms with Crippen molar-refractivity contribution < 1.29 is 13.2 Å². The fraction of sp³-hybridized carbons (Fsp3) is 0.250. The number of carbonyl (C=O) groups excluding carboxylic acids is 1. The van der Waals surface area contributed by atoms with Crippen molar-refractivity contribution in [2.24, 2.45) is 5.73 Å². The number of amides is 1. The minimum Gasteiger partial charge on any atom is -0.369 e. The van der Waals surface area contributed by atoms with E-state index in [9.17, 15) is 13.2 Å². The van der Waals surface area contributed by atoms with Crippen LogP contribution < -0.4 is 5.73 Å². The Morgan fingerprint density at radius 1 is 1.45 bits per heavy atom. The Labute approximate surface area is 73.9 Å². The summed E-state index contributed by atoms with van der Waals surface area (Å²) in [7, 11) is -3.68. The van der Waals surface area contributed by atoms with Gasteiger partial charge in [0, 0.05) is 0 Å². The van der Waals surface area contributed by atoms with Gasteiger partial charge >= 0.3 is 0 Å². The molecule has 0 saturated carbocycles. The van der Waals surface area contributed by atoms with Gasteiger partial charge in [0.25, 0.3) is 0 Å². The van der Waals surface area contributed by atoms with E-state index >= 15 is 0 Å². The average molecular weight is 218 g/mol. The summed E-state index contributed by atoms with van der Waals surface area (Å²) in [6.45, 7) is 0. The third-order valence-electron chi connectivity index (χ3n) is 0.612. The molecule has 0 heterocycles. The lowest BCUT2D eigenvalue weighted by Gasteiger charge is -1.92. The highest BCUT2D eigenvalue weighted by Gasteiger charge is 2.11. The van der Waals surface area contributed by atoms with Gasteiger partial charge in [0.2, 0.25) is 5.91 Å². The molecule has 0 atom stereocenters. The number of hydrogen-bond donors (Lipinski definition) is 1. The van der Waals surface area contributed by atoms with Gasteiger partial charge in [-0.1, -0.05) is 23.2 Å². The molecule has 2 N–H and O–H groups in total. The predicted molar refractivity (Wildman–Crippen MR) is 42.8 cm³/mol. The van der Waals surface area contributed by atoms with E-state index in [0.717, 1.165) is 0 Å². The first-order valence-electron chi connectivity index (χ1n) is 2.37. The Hall–Kier alpha value is -0.260. The Morgan fingerprint density at radius 3 is 2.18 bits per heavy atom. The first-order chi connectivity index (χ1) is 4.83. The summed E-state index contributed by atoms with van der Waals surface area (Å²) in [5, 5.41) is 0.570. The SMILES string of the molecule is NC(=O)CS(=O)(=O)C=C(Cl)Cl. The van der Waals surface area contributed by atoms with Crippen LogP contribution in [0.2, 0.25) is 0 Å². The highest BCUT2D eigenvalue weighted by atomic mass is 35.5. The van der Waals surface area contributed by atoms with Crippen LogP contribution in [-0.4, -0.2) is 20.1 Å². The van der Waals surface area contributed by atoms with Crippen molar-refractivity contribution >= 4 is 38.9 Å². The summed E-state index contributed by atoms with van der Waals surface area (Å²) in [5.41, 5.74) is 4.62. The molecule has 0 unspecified atom stereocenters. The molecule has 0 aliphatic heterocycles. The lowest BCUT2D eigenvalue weighted by atomic mass is 10.8. The van der Waals surface area contributed by atoms with E-state index < -0.39 is 26.0 Å². The predicted octanol–water partition coefficient (Wildman–Crippen LogP) is 0.163. The second-order valence-corrected chi connectivity index (χ2v) is 4.54. The van der Waals surface area contributed by atoms with Gasteiger partial charge in [-0.05, 0) is 0 Å². The largest absolute Gasteiger partial charge is 0.369 e. The second-order valence-electron chi connectivity index (χ2n) is 1.68. The van der Waals surface area contributed by atoms with Crippen LogP contribution in [0.5, 0.6) is 0 Å². The summed E-state index contributed by atoms with van der Waals surface area (Å²) in [6, 6.07) is 0. The molecule has 1 amide bonds. The van der Waals surface area contributed by atoms with Gasteiger partial charge in [0.1, 0.15) is 10.2 Å². The van der Waals surface area contributed by atoms with Gasteiger partial charge in [-0.3, -0.25) is 4.79 Å². The van der Waals surface area contributed by atoms with Gasteiger partial charge in [0.05, 0.1) is 5.41 Å². The molecule has 0 fully saturated rings. The van der Waals surface area contributed by atoms with Crippen molar-refractivity contribution in [3.05, 3.63) is 9.90 Å². The Kier molecular flexibility index (Phi) is 3.85. The molecule has 0 radical (unpaired) electrons. The smallest absolute Gasteiger partial charge is 0.232 e. The van der Waals surface area contributed by atoms with Gasteiger partial charge in [0.15, 0.2) is 9.84 Å². The van der Waals surface area contributed by atoms with Gasteiger partial charge in [-0.15, -0.1) is 0 Å². The van der Waals surface area contributed by atoms with Crippen LogP contribution in [0.25, 0.3) is 0 Å². The number of halogens is 2. The number of rotatable bonds is 3. The molecule has 4 nitrogen and oxygen atoms in total. The molecule has 0 bridgehead atoms. The molecule has 0 aliphatic carbocycles. The topological polar surface area (TPSA) is 77.2 Å². The number of nitrogens with two attached hydrogens (primary N) is 1. The lowest BCUT2D eigenvalue weighted by molar-refractivity contribution is -0.115. The number of primary amides is 1. The quantitative estimate of drug-likeness (QED) is 0.732. The van der Waals surface area contributed by atoms with E-state index in [0.29, 0.717) is 5.41 Å². The third-order valence-corrected chi connectivity index (χ3v) is 2.37. The number of carbonyl (C=O) groups is 1. The highest BCUT2D eigenvalue weighted by molar-refractivity contribution is 7.95. The number of hydrogen-bond acceptors (Lipinski definition) is 3. The number of sulfone groups is 1. The van der Waals surface area contributed by atoms with E-state index in [1.165, 1.54) is 0 Å². The summed E-state index contributed by atoms with van der Waals surface area (Å²) in [6.07, 6.45) is 0. The zero-order valence-corrected chi connectivity index (χ0v) is 7.58. The van der Waals surface area contributed by atoms with Crippen molar-refractivity contribution in [1.29, 1.82) is 0 Å². The molecule has 64 valence electrons. The van der Waals surface area contributed by atoms with Crippen LogP contribution >= 0.6 is 23.2 Å². The fourth-order valence-corrected chi connectivity index (χ4v) is 1.94. The second kappa shape index (κ2) is 3.94. The molecule has 0 rings (SSSR count). The highest BCUT2D eigenvalue weighted by Crippen LogP contribution is 2.09. The van der Waals surface area contributed by atoms with Crippen molar-refractivity contribution in [2.45, 2.75) is 0 Å². The van der Waals surface area contributed by atoms with Crippen LogP contribution in [0.3, 0.4) is 0 Å². The molecular formula is C4H5Cl2NO3S. The van der Waals surface area contributed by atoms with Crippen LogP contribution in [0.1, 0.15) is 0 Å². The normalized spacial score (nSPS) is 10.7. The molecule has 0 aliphatic rings. The molecule has 0 aromatic heterocycles.